The maximum absolute atomic E-state index is 13.1. The average molecular weight is 286 g/mol. The van der Waals surface area contributed by atoms with Crippen molar-refractivity contribution in [2.75, 3.05) is 6.54 Å². The highest BCUT2D eigenvalue weighted by atomic mass is 79.9. The smallest absolute Gasteiger partial charge is 0.137 e. The fourth-order valence-corrected chi connectivity index (χ4v) is 2.74. The topological polar surface area (TPSA) is 3.24 Å². The monoisotopic (exact) mass is 285 g/mol. The van der Waals surface area contributed by atoms with Crippen LogP contribution in [0, 0.1) is 5.82 Å². The van der Waals surface area contributed by atoms with Gasteiger partial charge in [0.05, 0.1) is 4.47 Å². The van der Waals surface area contributed by atoms with E-state index in [1.807, 2.05) is 12.1 Å². The molecule has 1 fully saturated rings. The summed E-state index contributed by atoms with van der Waals surface area (Å²) in [5.41, 5.74) is 1.45. The lowest BCUT2D eigenvalue weighted by atomic mass is 10.0. The van der Waals surface area contributed by atoms with Crippen LogP contribution in [0.4, 0.5) is 4.39 Å². The Balaban J connectivity index is 2.12. The lowest BCUT2D eigenvalue weighted by Gasteiger charge is -2.31. The number of hydrogen-bond donors (Lipinski definition) is 0. The van der Waals surface area contributed by atoms with Crippen molar-refractivity contribution in [2.45, 2.75) is 38.8 Å². The van der Waals surface area contributed by atoms with Crippen LogP contribution in [0.25, 0.3) is 0 Å². The largest absolute Gasteiger partial charge is 0.294 e. The Hall–Kier alpha value is -0.410. The quantitative estimate of drug-likeness (QED) is 0.795. The zero-order valence-electron chi connectivity index (χ0n) is 9.76. The molecule has 0 bridgehead atoms. The van der Waals surface area contributed by atoms with Crippen molar-refractivity contribution in [1.82, 2.24) is 4.90 Å². The summed E-state index contributed by atoms with van der Waals surface area (Å²) >= 11 is 3.23. The van der Waals surface area contributed by atoms with Gasteiger partial charge in [-0.25, -0.2) is 4.39 Å². The van der Waals surface area contributed by atoms with Crippen molar-refractivity contribution in [3.8, 4) is 0 Å². The van der Waals surface area contributed by atoms with Crippen LogP contribution in [-0.2, 0) is 6.54 Å². The van der Waals surface area contributed by atoms with Crippen LogP contribution in [0.3, 0.4) is 0 Å². The lowest BCUT2D eigenvalue weighted by molar-refractivity contribution is 0.166. The van der Waals surface area contributed by atoms with Gasteiger partial charge < -0.3 is 0 Å². The van der Waals surface area contributed by atoms with Crippen LogP contribution in [0.15, 0.2) is 22.7 Å². The van der Waals surface area contributed by atoms with Gasteiger partial charge in [-0.1, -0.05) is 6.07 Å². The molecule has 0 amide bonds. The Morgan fingerprint density at radius 1 is 1.44 bits per heavy atom. The van der Waals surface area contributed by atoms with Crippen LogP contribution in [0.1, 0.15) is 32.3 Å². The van der Waals surface area contributed by atoms with Gasteiger partial charge in [0.25, 0.3) is 0 Å². The molecule has 0 spiro atoms. The summed E-state index contributed by atoms with van der Waals surface area (Å²) in [5, 5.41) is 0. The number of likely N-dealkylation sites (tertiary alicyclic amines) is 1. The predicted octanol–water partition coefficient (Wildman–Crippen LogP) is 3.96. The van der Waals surface area contributed by atoms with Crippen LogP contribution >= 0.6 is 15.9 Å². The highest BCUT2D eigenvalue weighted by Crippen LogP contribution is 2.30. The Morgan fingerprint density at radius 2 is 2.19 bits per heavy atom. The molecule has 0 aliphatic carbocycles. The van der Waals surface area contributed by atoms with Gasteiger partial charge >= 0.3 is 0 Å². The van der Waals surface area contributed by atoms with E-state index in [0.29, 0.717) is 4.47 Å². The zero-order valence-corrected chi connectivity index (χ0v) is 11.3. The third-order valence-corrected chi connectivity index (χ3v) is 4.04. The van der Waals surface area contributed by atoms with E-state index >= 15 is 0 Å². The summed E-state index contributed by atoms with van der Waals surface area (Å²) in [6.45, 7) is 6.60. The van der Waals surface area contributed by atoms with Gasteiger partial charge in [0.2, 0.25) is 0 Å². The molecule has 1 aromatic rings. The minimum absolute atomic E-state index is 0.190. The normalized spacial score (nSPS) is 20.2. The van der Waals surface area contributed by atoms with Crippen molar-refractivity contribution in [3.05, 3.63) is 34.1 Å². The fraction of sp³-hybridized carbons (Fsp3) is 0.538. The van der Waals surface area contributed by atoms with Gasteiger partial charge in [-0.3, -0.25) is 4.90 Å². The van der Waals surface area contributed by atoms with Gasteiger partial charge in [-0.2, -0.15) is 0 Å². The van der Waals surface area contributed by atoms with E-state index in [4.69, 9.17) is 0 Å². The van der Waals surface area contributed by atoms with Crippen LogP contribution in [0.5, 0.6) is 0 Å². The molecule has 0 atom stereocenters. The number of nitrogens with zero attached hydrogens (tertiary/aromatic N) is 1. The SMILES string of the molecule is CC1(C)CCCN1Cc1ccc(F)c(Br)c1. The molecule has 0 unspecified atom stereocenters. The van der Waals surface area contributed by atoms with Crippen molar-refractivity contribution >= 4 is 15.9 Å². The molecule has 3 heteroatoms. The lowest BCUT2D eigenvalue weighted by Crippen LogP contribution is -2.37. The first-order chi connectivity index (χ1) is 7.49. The van der Waals surface area contributed by atoms with E-state index in [1.165, 1.54) is 24.5 Å². The van der Waals surface area contributed by atoms with Crippen molar-refractivity contribution in [1.29, 1.82) is 0 Å². The highest BCUT2D eigenvalue weighted by Gasteiger charge is 2.31. The maximum atomic E-state index is 13.1. The summed E-state index contributed by atoms with van der Waals surface area (Å²) in [4.78, 5) is 2.46. The third-order valence-electron chi connectivity index (χ3n) is 3.43. The second kappa shape index (κ2) is 4.46. The average Bonchev–Trinajstić information content (AvgIpc) is 2.52. The van der Waals surface area contributed by atoms with Crippen molar-refractivity contribution in [3.63, 3.8) is 0 Å². The summed E-state index contributed by atoms with van der Waals surface area (Å²) in [5.74, 6) is -0.190. The fourth-order valence-electron chi connectivity index (χ4n) is 2.31. The van der Waals surface area contributed by atoms with E-state index in [9.17, 15) is 4.39 Å². The second-order valence-corrected chi connectivity index (χ2v) is 5.94. The molecule has 1 saturated heterocycles. The third kappa shape index (κ3) is 2.46. The van der Waals surface area contributed by atoms with Gasteiger partial charge in [0, 0.05) is 12.1 Å². The van der Waals surface area contributed by atoms with Crippen molar-refractivity contribution < 1.29 is 4.39 Å². The van der Waals surface area contributed by atoms with E-state index in [1.54, 1.807) is 0 Å². The van der Waals surface area contributed by atoms with E-state index < -0.39 is 0 Å². The molecule has 16 heavy (non-hydrogen) atoms. The molecule has 1 heterocycles. The zero-order chi connectivity index (χ0) is 11.8. The molecule has 0 N–H and O–H groups in total. The number of halogens is 2. The van der Waals surface area contributed by atoms with Gasteiger partial charge in [-0.15, -0.1) is 0 Å². The van der Waals surface area contributed by atoms with E-state index in [-0.39, 0.29) is 11.4 Å². The summed E-state index contributed by atoms with van der Waals surface area (Å²) in [6, 6.07) is 5.28. The van der Waals surface area contributed by atoms with Crippen LogP contribution in [0.2, 0.25) is 0 Å². The first-order valence-corrected chi connectivity index (χ1v) is 6.47. The molecular formula is C13H17BrFN. The summed E-state index contributed by atoms with van der Waals surface area (Å²) in [6.07, 6.45) is 2.50. The number of hydrogen-bond acceptors (Lipinski definition) is 1. The summed E-state index contributed by atoms with van der Waals surface area (Å²) < 4.78 is 13.7. The molecule has 1 aromatic carbocycles. The highest BCUT2D eigenvalue weighted by molar-refractivity contribution is 9.10. The molecule has 0 aromatic heterocycles. The van der Waals surface area contributed by atoms with Gasteiger partial charge in [0.1, 0.15) is 5.82 Å². The number of benzene rings is 1. The molecule has 2 rings (SSSR count). The predicted molar refractivity (Wildman–Crippen MR) is 67.8 cm³/mol. The Kier molecular flexibility index (Phi) is 3.36. The molecule has 88 valence electrons. The first-order valence-electron chi connectivity index (χ1n) is 5.68. The molecule has 0 saturated carbocycles. The maximum Gasteiger partial charge on any atom is 0.137 e. The molecule has 0 radical (unpaired) electrons. The van der Waals surface area contributed by atoms with Crippen LogP contribution < -0.4 is 0 Å². The molecule has 1 nitrogen and oxygen atoms in total. The Labute approximate surface area is 105 Å². The van der Waals surface area contributed by atoms with Crippen LogP contribution in [-0.4, -0.2) is 17.0 Å². The first kappa shape index (κ1) is 12.1. The van der Waals surface area contributed by atoms with Crippen molar-refractivity contribution in [2.24, 2.45) is 0 Å². The minimum atomic E-state index is -0.190. The second-order valence-electron chi connectivity index (χ2n) is 5.09. The van der Waals surface area contributed by atoms with Gasteiger partial charge in [0.15, 0.2) is 0 Å². The Morgan fingerprint density at radius 3 is 2.75 bits per heavy atom. The van der Waals surface area contributed by atoms with Gasteiger partial charge in [-0.05, 0) is 66.9 Å². The number of rotatable bonds is 2. The van der Waals surface area contributed by atoms with E-state index in [2.05, 4.69) is 34.7 Å². The minimum Gasteiger partial charge on any atom is -0.294 e. The molecular weight excluding hydrogens is 269 g/mol. The standard InChI is InChI=1S/C13H17BrFN/c1-13(2)6-3-7-16(13)9-10-4-5-12(15)11(14)8-10/h4-5,8H,3,6-7,9H2,1-2H3. The summed E-state index contributed by atoms with van der Waals surface area (Å²) in [7, 11) is 0. The molecule has 1 aliphatic rings. The molecule has 1 aliphatic heterocycles. The van der Waals surface area contributed by atoms with E-state index in [0.717, 1.165) is 13.1 Å². The Bertz CT molecular complexity index is 390.